The van der Waals surface area contributed by atoms with Gasteiger partial charge >= 0.3 is 0 Å². The van der Waals surface area contributed by atoms with Gasteiger partial charge in [-0.2, -0.15) is 0 Å². The average molecular weight is 396 g/mol. The minimum absolute atomic E-state index is 0. The Kier molecular flexibility index (Phi) is 5.50. The van der Waals surface area contributed by atoms with Crippen molar-refractivity contribution >= 4 is 39.9 Å². The maximum absolute atomic E-state index is 12.6. The van der Waals surface area contributed by atoms with Crippen LogP contribution in [0.1, 0.15) is 30.0 Å². The van der Waals surface area contributed by atoms with Gasteiger partial charge in [0.25, 0.3) is 0 Å². The Hall–Kier alpha value is -1.36. The lowest BCUT2D eigenvalue weighted by Gasteiger charge is -2.24. The molecule has 122 valence electrons. The topological polar surface area (TPSA) is 55.1 Å². The lowest BCUT2D eigenvalue weighted by atomic mass is 9.92. The van der Waals surface area contributed by atoms with Gasteiger partial charge in [0.05, 0.1) is 0 Å². The fourth-order valence-corrected chi connectivity index (χ4v) is 3.10. The number of aryl methyl sites for hydroxylation is 2. The molecule has 0 aliphatic heterocycles. The zero-order chi connectivity index (χ0) is 15.7. The van der Waals surface area contributed by atoms with Crippen LogP contribution in [0.15, 0.2) is 46.9 Å². The lowest BCUT2D eigenvalue weighted by molar-refractivity contribution is -0.120. The number of anilines is 1. The van der Waals surface area contributed by atoms with E-state index in [0.717, 1.165) is 28.6 Å². The average Bonchev–Trinajstić information content (AvgIpc) is 2.95. The highest BCUT2D eigenvalue weighted by Gasteiger charge is 2.30. The van der Waals surface area contributed by atoms with E-state index in [1.807, 2.05) is 30.3 Å². The Morgan fingerprint density at radius 3 is 2.48 bits per heavy atom. The van der Waals surface area contributed by atoms with Crippen molar-refractivity contribution in [3.8, 4) is 0 Å². The molecule has 0 spiro atoms. The van der Waals surface area contributed by atoms with E-state index < -0.39 is 5.54 Å². The van der Waals surface area contributed by atoms with Crippen molar-refractivity contribution in [2.45, 2.75) is 31.7 Å². The quantitative estimate of drug-likeness (QED) is 0.819. The first-order chi connectivity index (χ1) is 10.5. The van der Waals surface area contributed by atoms with Crippen molar-refractivity contribution in [3.05, 3.63) is 63.6 Å². The molecule has 0 heterocycles. The van der Waals surface area contributed by atoms with Gasteiger partial charge in [-0.3, -0.25) is 4.79 Å². The van der Waals surface area contributed by atoms with Crippen LogP contribution in [0.4, 0.5) is 5.69 Å². The Morgan fingerprint density at radius 1 is 1.13 bits per heavy atom. The molecular weight excluding hydrogens is 376 g/mol. The second-order valence-corrected chi connectivity index (χ2v) is 6.92. The Labute approximate surface area is 151 Å². The summed E-state index contributed by atoms with van der Waals surface area (Å²) in [6, 6.07) is 13.6. The molecule has 2 aromatic carbocycles. The van der Waals surface area contributed by atoms with Crippen molar-refractivity contribution in [1.29, 1.82) is 0 Å². The molecule has 1 aliphatic carbocycles. The molecule has 1 aliphatic rings. The smallest absolute Gasteiger partial charge is 0.248 e. The SMILES string of the molecule is CC(N)(C(=O)Nc1ccc2c(c1)CCC2)c1ccc(Br)cc1.Cl. The molecular formula is C18H20BrClN2O. The number of fused-ring (bicyclic) bond motifs is 1. The van der Waals surface area contributed by atoms with Crippen LogP contribution in [0, 0.1) is 0 Å². The van der Waals surface area contributed by atoms with E-state index in [1.165, 1.54) is 17.5 Å². The molecule has 1 amide bonds. The maximum atomic E-state index is 12.6. The maximum Gasteiger partial charge on any atom is 0.248 e. The fraction of sp³-hybridized carbons (Fsp3) is 0.278. The van der Waals surface area contributed by atoms with Gasteiger partial charge in [-0.25, -0.2) is 0 Å². The van der Waals surface area contributed by atoms with Crippen LogP contribution >= 0.6 is 28.3 Å². The third-order valence-corrected chi connectivity index (χ3v) is 4.80. The van der Waals surface area contributed by atoms with Crippen LogP contribution in [0.25, 0.3) is 0 Å². The lowest BCUT2D eigenvalue weighted by Crippen LogP contribution is -2.45. The van der Waals surface area contributed by atoms with Crippen LogP contribution in [-0.2, 0) is 23.2 Å². The van der Waals surface area contributed by atoms with Crippen molar-refractivity contribution in [1.82, 2.24) is 0 Å². The number of carbonyl (C=O) groups is 1. The number of nitrogens with one attached hydrogen (secondary N) is 1. The molecule has 0 aromatic heterocycles. The number of benzene rings is 2. The van der Waals surface area contributed by atoms with E-state index in [0.29, 0.717) is 0 Å². The molecule has 0 saturated heterocycles. The summed E-state index contributed by atoms with van der Waals surface area (Å²) < 4.78 is 0.964. The minimum Gasteiger partial charge on any atom is -0.324 e. The van der Waals surface area contributed by atoms with E-state index in [9.17, 15) is 4.79 Å². The van der Waals surface area contributed by atoms with E-state index >= 15 is 0 Å². The Bertz CT molecular complexity index is 713. The first-order valence-electron chi connectivity index (χ1n) is 7.45. The van der Waals surface area contributed by atoms with E-state index in [1.54, 1.807) is 6.92 Å². The number of carbonyl (C=O) groups excluding carboxylic acids is 1. The van der Waals surface area contributed by atoms with Crippen LogP contribution in [0.3, 0.4) is 0 Å². The second-order valence-electron chi connectivity index (χ2n) is 6.00. The molecule has 3 N–H and O–H groups in total. The molecule has 0 fully saturated rings. The van der Waals surface area contributed by atoms with E-state index in [4.69, 9.17) is 5.73 Å². The van der Waals surface area contributed by atoms with Gasteiger partial charge in [-0.15, -0.1) is 12.4 Å². The predicted octanol–water partition coefficient (Wildman–Crippen LogP) is 4.17. The minimum atomic E-state index is -1.07. The van der Waals surface area contributed by atoms with Crippen molar-refractivity contribution in [2.24, 2.45) is 5.73 Å². The van der Waals surface area contributed by atoms with E-state index in [-0.39, 0.29) is 18.3 Å². The van der Waals surface area contributed by atoms with E-state index in [2.05, 4.69) is 33.4 Å². The highest BCUT2D eigenvalue weighted by atomic mass is 79.9. The number of halogens is 2. The van der Waals surface area contributed by atoms with Gasteiger partial charge in [-0.05, 0) is 67.1 Å². The van der Waals surface area contributed by atoms with Gasteiger partial charge in [0.15, 0.2) is 0 Å². The van der Waals surface area contributed by atoms with Crippen molar-refractivity contribution < 1.29 is 4.79 Å². The van der Waals surface area contributed by atoms with Crippen molar-refractivity contribution in [3.63, 3.8) is 0 Å². The highest BCUT2D eigenvalue weighted by molar-refractivity contribution is 9.10. The molecule has 1 atom stereocenters. The molecule has 0 bridgehead atoms. The molecule has 0 saturated carbocycles. The summed E-state index contributed by atoms with van der Waals surface area (Å²) in [6.07, 6.45) is 3.42. The Balaban J connectivity index is 0.00000192. The monoisotopic (exact) mass is 394 g/mol. The second kappa shape index (κ2) is 7.04. The molecule has 0 radical (unpaired) electrons. The number of amides is 1. The first-order valence-corrected chi connectivity index (χ1v) is 8.24. The molecule has 23 heavy (non-hydrogen) atoms. The van der Waals surface area contributed by atoms with Crippen LogP contribution in [0.2, 0.25) is 0 Å². The summed E-state index contributed by atoms with van der Waals surface area (Å²) in [5, 5.41) is 2.95. The first kappa shape index (κ1) is 18.0. The predicted molar refractivity (Wildman–Crippen MR) is 100 cm³/mol. The van der Waals surface area contributed by atoms with Gasteiger partial charge in [-0.1, -0.05) is 34.1 Å². The summed E-state index contributed by atoms with van der Waals surface area (Å²) >= 11 is 3.39. The summed E-state index contributed by atoms with van der Waals surface area (Å²) in [5.41, 5.74) is 9.52. The van der Waals surface area contributed by atoms with Gasteiger partial charge in [0.1, 0.15) is 5.54 Å². The molecule has 3 nitrogen and oxygen atoms in total. The number of rotatable bonds is 3. The standard InChI is InChI=1S/C18H19BrN2O.ClH/c1-18(20,14-6-8-15(19)9-7-14)17(22)21-16-10-5-12-3-2-4-13(12)11-16;/h5-11H,2-4,20H2,1H3,(H,21,22);1H. The fourth-order valence-electron chi connectivity index (χ4n) is 2.84. The number of hydrogen-bond acceptors (Lipinski definition) is 2. The summed E-state index contributed by atoms with van der Waals surface area (Å²) in [7, 11) is 0. The van der Waals surface area contributed by atoms with Crippen LogP contribution < -0.4 is 11.1 Å². The number of hydrogen-bond donors (Lipinski definition) is 2. The highest BCUT2D eigenvalue weighted by Crippen LogP contribution is 2.26. The summed E-state index contributed by atoms with van der Waals surface area (Å²) in [6.45, 7) is 1.74. The summed E-state index contributed by atoms with van der Waals surface area (Å²) in [5.74, 6) is -0.201. The third-order valence-electron chi connectivity index (χ3n) is 4.27. The molecule has 5 heteroatoms. The molecule has 2 aromatic rings. The normalized spacial score (nSPS) is 15.3. The van der Waals surface area contributed by atoms with Crippen molar-refractivity contribution in [2.75, 3.05) is 5.32 Å². The summed E-state index contributed by atoms with van der Waals surface area (Å²) in [4.78, 5) is 12.6. The Morgan fingerprint density at radius 2 is 1.78 bits per heavy atom. The molecule has 3 rings (SSSR count). The zero-order valence-corrected chi connectivity index (χ0v) is 15.3. The van der Waals surface area contributed by atoms with Gasteiger partial charge < -0.3 is 11.1 Å². The van der Waals surface area contributed by atoms with Gasteiger partial charge in [0, 0.05) is 10.2 Å². The van der Waals surface area contributed by atoms with Crippen LogP contribution in [-0.4, -0.2) is 5.91 Å². The number of nitrogens with two attached hydrogens (primary N) is 1. The largest absolute Gasteiger partial charge is 0.324 e. The third kappa shape index (κ3) is 3.77. The molecule has 1 unspecified atom stereocenters. The van der Waals surface area contributed by atoms with Gasteiger partial charge in [0.2, 0.25) is 5.91 Å². The zero-order valence-electron chi connectivity index (χ0n) is 12.9. The van der Waals surface area contributed by atoms with Crippen LogP contribution in [0.5, 0.6) is 0 Å².